The summed E-state index contributed by atoms with van der Waals surface area (Å²) in [6, 6.07) is 13.7. The Kier molecular flexibility index (Phi) is 7.69. The van der Waals surface area contributed by atoms with Gasteiger partial charge < -0.3 is 14.4 Å². The fourth-order valence-corrected chi connectivity index (χ4v) is 7.63. The van der Waals surface area contributed by atoms with Crippen LogP contribution in [0.25, 0.3) is 5.57 Å². The van der Waals surface area contributed by atoms with Crippen molar-refractivity contribution in [2.24, 2.45) is 0 Å². The van der Waals surface area contributed by atoms with Gasteiger partial charge >= 0.3 is 11.9 Å². The number of ether oxygens (including phenoxy) is 2. The molecule has 0 saturated heterocycles. The average Bonchev–Trinajstić information content (AvgIpc) is 3.29. The fourth-order valence-electron chi connectivity index (χ4n) is 4.60. The van der Waals surface area contributed by atoms with E-state index in [2.05, 4.69) is 0 Å². The number of benzene rings is 2. The van der Waals surface area contributed by atoms with Crippen LogP contribution in [0.2, 0.25) is 0 Å². The minimum absolute atomic E-state index is 0.0637. The molecule has 0 fully saturated rings. The van der Waals surface area contributed by atoms with Gasteiger partial charge in [0.2, 0.25) is 5.91 Å². The van der Waals surface area contributed by atoms with E-state index in [1.165, 1.54) is 14.2 Å². The molecular weight excluding hydrogens is 527 g/mol. The summed E-state index contributed by atoms with van der Waals surface area (Å²) in [5.41, 5.74) is 4.33. The van der Waals surface area contributed by atoms with E-state index in [4.69, 9.17) is 21.7 Å². The number of amides is 1. The van der Waals surface area contributed by atoms with Gasteiger partial charge in [0.15, 0.2) is 0 Å². The van der Waals surface area contributed by atoms with Crippen molar-refractivity contribution in [2.45, 2.75) is 39.7 Å². The molecule has 0 radical (unpaired) electrons. The van der Waals surface area contributed by atoms with E-state index in [-0.39, 0.29) is 22.1 Å². The van der Waals surface area contributed by atoms with E-state index in [0.717, 1.165) is 57.0 Å². The van der Waals surface area contributed by atoms with Crippen molar-refractivity contribution in [1.82, 2.24) is 0 Å². The second-order valence-electron chi connectivity index (χ2n) is 9.27. The Bertz CT molecular complexity index is 1360. The number of rotatable bonds is 4. The summed E-state index contributed by atoms with van der Waals surface area (Å²) < 4.78 is 10.5. The first kappa shape index (κ1) is 27.2. The highest BCUT2D eigenvalue weighted by atomic mass is 32.2. The number of aryl methyl sites for hydroxylation is 2. The van der Waals surface area contributed by atoms with Crippen LogP contribution in [0.4, 0.5) is 5.69 Å². The third-order valence-electron chi connectivity index (χ3n) is 6.27. The normalized spacial score (nSPS) is 16.6. The van der Waals surface area contributed by atoms with Crippen molar-refractivity contribution >= 4 is 69.7 Å². The van der Waals surface area contributed by atoms with Crippen LogP contribution in [-0.4, -0.2) is 42.5 Å². The molecular formula is C28H27NO5S3. The van der Waals surface area contributed by atoms with Crippen molar-refractivity contribution in [2.75, 3.05) is 19.1 Å². The molecule has 0 saturated carbocycles. The van der Waals surface area contributed by atoms with Crippen molar-refractivity contribution < 1.29 is 23.9 Å². The first-order valence-electron chi connectivity index (χ1n) is 11.6. The maximum atomic E-state index is 13.8. The number of carbonyl (C=O) groups is 3. The van der Waals surface area contributed by atoms with Crippen LogP contribution in [-0.2, 0) is 30.3 Å². The maximum absolute atomic E-state index is 13.8. The predicted octanol–water partition coefficient (Wildman–Crippen LogP) is 5.75. The molecule has 2 aromatic carbocycles. The molecule has 1 amide bonds. The van der Waals surface area contributed by atoms with Gasteiger partial charge in [-0.25, -0.2) is 9.59 Å². The van der Waals surface area contributed by atoms with Gasteiger partial charge in [-0.05, 0) is 44.9 Å². The third kappa shape index (κ3) is 4.87. The molecule has 2 aromatic rings. The topological polar surface area (TPSA) is 72.9 Å². The molecule has 192 valence electrons. The Morgan fingerprint density at radius 2 is 1.51 bits per heavy atom. The zero-order chi connectivity index (χ0) is 27.1. The van der Waals surface area contributed by atoms with E-state index < -0.39 is 17.5 Å². The minimum Gasteiger partial charge on any atom is -0.465 e. The van der Waals surface area contributed by atoms with Crippen LogP contribution in [0.5, 0.6) is 0 Å². The Hall–Kier alpha value is -2.88. The van der Waals surface area contributed by atoms with Crippen molar-refractivity contribution in [1.29, 1.82) is 0 Å². The predicted molar refractivity (Wildman–Crippen MR) is 153 cm³/mol. The van der Waals surface area contributed by atoms with Crippen molar-refractivity contribution in [3.8, 4) is 0 Å². The van der Waals surface area contributed by atoms with Gasteiger partial charge in [-0.3, -0.25) is 4.79 Å². The molecule has 0 aromatic heterocycles. The molecule has 0 unspecified atom stereocenters. The molecule has 0 atom stereocenters. The molecule has 2 heterocycles. The standard InChI is InChI=1S/C28H27NO5S3/c1-15-12-16(2)21-18(13-15)20(27-36-22(25(31)33-5)23(37-27)26(32)34-6)24(35)28(3,4)29(21)19(30)14-17-10-8-7-9-11-17/h7-13H,14H2,1-6H3. The number of esters is 2. The molecule has 9 heteroatoms. The molecule has 2 aliphatic heterocycles. The number of nitrogens with zero attached hydrogens (tertiary/aromatic N) is 1. The van der Waals surface area contributed by atoms with Crippen LogP contribution >= 0.6 is 35.7 Å². The van der Waals surface area contributed by atoms with Gasteiger partial charge in [0, 0.05) is 11.1 Å². The number of fused-ring (bicyclic) bond motifs is 1. The van der Waals surface area contributed by atoms with Crippen molar-refractivity contribution in [3.05, 3.63) is 78.8 Å². The van der Waals surface area contributed by atoms with Crippen LogP contribution < -0.4 is 4.90 Å². The summed E-state index contributed by atoms with van der Waals surface area (Å²) in [6.07, 6.45) is 0.232. The highest BCUT2D eigenvalue weighted by molar-refractivity contribution is 8.29. The molecule has 0 bridgehead atoms. The Labute approximate surface area is 230 Å². The number of hydrogen-bond donors (Lipinski definition) is 0. The molecule has 0 N–H and O–H groups in total. The monoisotopic (exact) mass is 553 g/mol. The third-order valence-corrected chi connectivity index (χ3v) is 9.53. The molecule has 0 spiro atoms. The molecule has 2 aliphatic rings. The summed E-state index contributed by atoms with van der Waals surface area (Å²) in [4.78, 5) is 41.5. The quantitative estimate of drug-likeness (QED) is 0.269. The van der Waals surface area contributed by atoms with Gasteiger partial charge in [0.05, 0.1) is 41.0 Å². The van der Waals surface area contributed by atoms with Gasteiger partial charge in [0.1, 0.15) is 9.81 Å². The molecule has 37 heavy (non-hydrogen) atoms. The van der Waals surface area contributed by atoms with Gasteiger partial charge in [-0.2, -0.15) is 0 Å². The maximum Gasteiger partial charge on any atom is 0.346 e. The lowest BCUT2D eigenvalue weighted by Crippen LogP contribution is -2.56. The van der Waals surface area contributed by atoms with Gasteiger partial charge in [-0.15, -0.1) is 0 Å². The zero-order valence-electron chi connectivity index (χ0n) is 21.5. The number of thioether (sulfide) groups is 2. The van der Waals surface area contributed by atoms with E-state index in [1.807, 2.05) is 70.2 Å². The smallest absolute Gasteiger partial charge is 0.346 e. The van der Waals surface area contributed by atoms with E-state index in [9.17, 15) is 14.4 Å². The Morgan fingerprint density at radius 1 is 0.946 bits per heavy atom. The Morgan fingerprint density at radius 3 is 2.05 bits per heavy atom. The number of thiocarbonyl (C=S) groups is 1. The summed E-state index contributed by atoms with van der Waals surface area (Å²) in [6.45, 7) is 7.83. The van der Waals surface area contributed by atoms with Crippen LogP contribution in [0.3, 0.4) is 0 Å². The SMILES string of the molecule is COC(=O)C1=C(C(=O)OC)SC(=C2C(=S)C(C)(C)N(C(=O)Cc3ccccc3)c3c(C)cc(C)cc32)S1. The first-order valence-corrected chi connectivity index (χ1v) is 13.6. The number of anilines is 1. The highest BCUT2D eigenvalue weighted by Gasteiger charge is 2.46. The lowest BCUT2D eigenvalue weighted by molar-refractivity contribution is -0.138. The first-order chi connectivity index (χ1) is 17.5. The second kappa shape index (κ2) is 10.5. The molecule has 4 rings (SSSR count). The summed E-state index contributed by atoms with van der Waals surface area (Å²) in [5.74, 6) is -1.30. The average molecular weight is 554 g/mol. The van der Waals surface area contributed by atoms with E-state index in [1.54, 1.807) is 4.90 Å². The number of methoxy groups -OCH3 is 2. The zero-order valence-corrected chi connectivity index (χ0v) is 23.9. The molecule has 0 aliphatic carbocycles. The van der Waals surface area contributed by atoms with Crippen LogP contribution in [0.1, 0.15) is 36.1 Å². The lowest BCUT2D eigenvalue weighted by atomic mass is 9.81. The van der Waals surface area contributed by atoms with Gasteiger partial charge in [-0.1, -0.05) is 77.7 Å². The van der Waals surface area contributed by atoms with Crippen LogP contribution in [0.15, 0.2) is 56.5 Å². The van der Waals surface area contributed by atoms with Crippen LogP contribution in [0, 0.1) is 13.8 Å². The number of hydrogen-bond acceptors (Lipinski definition) is 8. The largest absolute Gasteiger partial charge is 0.465 e. The number of carbonyl (C=O) groups excluding carboxylic acids is 3. The lowest BCUT2D eigenvalue weighted by Gasteiger charge is -2.46. The summed E-state index contributed by atoms with van der Waals surface area (Å²) in [7, 11) is 2.54. The van der Waals surface area contributed by atoms with Crippen molar-refractivity contribution in [3.63, 3.8) is 0 Å². The fraction of sp³-hybridized carbons (Fsp3) is 0.286. The molecule has 6 nitrogen and oxygen atoms in total. The minimum atomic E-state index is -0.850. The Balaban J connectivity index is 1.90. The van der Waals surface area contributed by atoms with Gasteiger partial charge in [0.25, 0.3) is 0 Å². The second-order valence-corrected chi connectivity index (χ2v) is 12.0. The highest BCUT2D eigenvalue weighted by Crippen LogP contribution is 2.56. The summed E-state index contributed by atoms with van der Waals surface area (Å²) >= 11 is 8.36. The summed E-state index contributed by atoms with van der Waals surface area (Å²) in [5, 5.41) is 0. The van der Waals surface area contributed by atoms with E-state index >= 15 is 0 Å². The van der Waals surface area contributed by atoms with E-state index in [0.29, 0.717) is 9.10 Å².